The maximum absolute atomic E-state index is 13.7. The topological polar surface area (TPSA) is 109 Å². The number of hydrogen-bond donors (Lipinski definition) is 3. The van der Waals surface area contributed by atoms with Crippen LogP contribution in [0.1, 0.15) is 45.2 Å². The first-order valence-corrected chi connectivity index (χ1v) is 11.0. The van der Waals surface area contributed by atoms with Crippen LogP contribution in [0.15, 0.2) is 39.6 Å². The molecule has 0 spiro atoms. The van der Waals surface area contributed by atoms with Gasteiger partial charge in [0.15, 0.2) is 11.0 Å². The van der Waals surface area contributed by atoms with Gasteiger partial charge in [0.2, 0.25) is 0 Å². The predicted octanol–water partition coefficient (Wildman–Crippen LogP) is 4.52. The lowest BCUT2D eigenvalue weighted by molar-refractivity contribution is -0.0322. The largest absolute Gasteiger partial charge is 0.508 e. The van der Waals surface area contributed by atoms with E-state index in [1.807, 2.05) is 26.0 Å². The predicted molar refractivity (Wildman–Crippen MR) is 124 cm³/mol. The summed E-state index contributed by atoms with van der Waals surface area (Å²) in [7, 11) is 0. The highest BCUT2D eigenvalue weighted by Gasteiger charge is 2.37. The van der Waals surface area contributed by atoms with Crippen molar-refractivity contribution < 1.29 is 29.2 Å². The second kappa shape index (κ2) is 7.02. The third-order valence-corrected chi connectivity index (χ3v) is 6.54. The second-order valence-corrected chi connectivity index (χ2v) is 9.50. The summed E-state index contributed by atoms with van der Waals surface area (Å²) in [6, 6.07) is 5.97. The molecule has 2 aliphatic heterocycles. The number of hydrogen-bond acceptors (Lipinski definition) is 7. The van der Waals surface area contributed by atoms with E-state index in [9.17, 15) is 20.1 Å². The van der Waals surface area contributed by atoms with E-state index in [1.54, 1.807) is 19.9 Å². The zero-order valence-corrected chi connectivity index (χ0v) is 18.9. The molecule has 0 fully saturated rings. The Labute approximate surface area is 190 Å². The maximum Gasteiger partial charge on any atom is 0.200 e. The van der Waals surface area contributed by atoms with Gasteiger partial charge in [-0.05, 0) is 51.5 Å². The van der Waals surface area contributed by atoms with Gasteiger partial charge in [-0.25, -0.2) is 0 Å². The van der Waals surface area contributed by atoms with Gasteiger partial charge in [0.1, 0.15) is 45.8 Å². The molecule has 172 valence electrons. The molecule has 7 heteroatoms. The van der Waals surface area contributed by atoms with E-state index in [1.165, 1.54) is 18.2 Å². The van der Waals surface area contributed by atoms with E-state index in [0.717, 1.165) is 6.42 Å². The zero-order valence-electron chi connectivity index (χ0n) is 18.9. The number of benzene rings is 2. The molecule has 2 aliphatic rings. The Balaban J connectivity index is 1.85. The van der Waals surface area contributed by atoms with Crippen molar-refractivity contribution in [1.82, 2.24) is 0 Å². The average molecular weight is 450 g/mol. The summed E-state index contributed by atoms with van der Waals surface area (Å²) in [5, 5.41) is 31.6. The van der Waals surface area contributed by atoms with Crippen molar-refractivity contribution in [1.29, 1.82) is 0 Å². The fourth-order valence-corrected chi connectivity index (χ4v) is 4.33. The van der Waals surface area contributed by atoms with Gasteiger partial charge < -0.3 is 29.2 Å². The van der Waals surface area contributed by atoms with Crippen LogP contribution in [0.25, 0.3) is 28.4 Å². The Morgan fingerprint density at radius 2 is 1.94 bits per heavy atom. The highest BCUT2D eigenvalue weighted by atomic mass is 16.5. The Hall–Kier alpha value is -3.45. The second-order valence-electron chi connectivity index (χ2n) is 9.50. The number of ether oxygens (including phenoxy) is 2. The lowest BCUT2D eigenvalue weighted by atomic mass is 9.92. The van der Waals surface area contributed by atoms with Gasteiger partial charge in [0.05, 0.1) is 16.7 Å². The molecule has 7 nitrogen and oxygen atoms in total. The van der Waals surface area contributed by atoms with E-state index in [2.05, 4.69) is 0 Å². The number of aliphatic hydroxyl groups is 1. The molecular formula is C26H26O7. The highest BCUT2D eigenvalue weighted by Crippen LogP contribution is 2.45. The van der Waals surface area contributed by atoms with Crippen LogP contribution < -0.4 is 14.9 Å². The lowest BCUT2D eigenvalue weighted by Crippen LogP contribution is -2.42. The molecule has 0 aliphatic carbocycles. The van der Waals surface area contributed by atoms with E-state index in [0.29, 0.717) is 22.6 Å². The SMILES string of the molecule is CC[C@@]1(C)C=Cc2c(cc(O)c3c(=O)c4c(oc23)-c2ccc(O)cc2O[C@H](C(C)(C)O)C4)O1. The Kier molecular flexibility index (Phi) is 4.55. The van der Waals surface area contributed by atoms with E-state index >= 15 is 0 Å². The van der Waals surface area contributed by atoms with Crippen molar-refractivity contribution in [2.24, 2.45) is 0 Å². The first kappa shape index (κ1) is 21.4. The van der Waals surface area contributed by atoms with Gasteiger partial charge in [0, 0.05) is 24.1 Å². The van der Waals surface area contributed by atoms with Crippen molar-refractivity contribution in [2.45, 2.75) is 57.8 Å². The summed E-state index contributed by atoms with van der Waals surface area (Å²) in [4.78, 5) is 13.7. The first-order chi connectivity index (χ1) is 15.5. The van der Waals surface area contributed by atoms with Gasteiger partial charge in [-0.2, -0.15) is 0 Å². The number of phenols is 2. The Bertz CT molecular complexity index is 1380. The Morgan fingerprint density at radius 1 is 1.18 bits per heavy atom. The standard InChI is InChI=1S/C26H26O7/c1-5-26(4)9-8-15-19(33-26)12-17(28)21-22(29)16-11-20(25(2,3)30)31-18-10-13(27)6-7-14(18)23(16)32-24(15)21/h6-10,12,20,27-28,30H,5,11H2,1-4H3/t20-,26-/m0/s1. The minimum atomic E-state index is -1.29. The van der Waals surface area contributed by atoms with Gasteiger partial charge in [-0.15, -0.1) is 0 Å². The minimum absolute atomic E-state index is 0.0139. The molecule has 33 heavy (non-hydrogen) atoms. The molecule has 1 aromatic heterocycles. The lowest BCUT2D eigenvalue weighted by Gasteiger charge is -2.31. The summed E-state index contributed by atoms with van der Waals surface area (Å²) in [5.41, 5.74) is -0.676. The number of aromatic hydroxyl groups is 2. The average Bonchev–Trinajstić information content (AvgIpc) is 2.90. The van der Waals surface area contributed by atoms with Crippen molar-refractivity contribution in [2.75, 3.05) is 0 Å². The molecule has 2 atom stereocenters. The monoisotopic (exact) mass is 450 g/mol. The summed E-state index contributed by atoms with van der Waals surface area (Å²) >= 11 is 0. The van der Waals surface area contributed by atoms with Crippen molar-refractivity contribution in [3.05, 3.63) is 51.7 Å². The van der Waals surface area contributed by atoms with Crippen molar-refractivity contribution >= 4 is 17.0 Å². The quantitative estimate of drug-likeness (QED) is 0.527. The molecule has 3 heterocycles. The fraction of sp³-hybridized carbons (Fsp3) is 0.346. The fourth-order valence-electron chi connectivity index (χ4n) is 4.33. The van der Waals surface area contributed by atoms with Crippen LogP contribution in [0.5, 0.6) is 23.0 Å². The van der Waals surface area contributed by atoms with Gasteiger partial charge in [-0.1, -0.05) is 6.92 Å². The van der Waals surface area contributed by atoms with Crippen LogP contribution in [0, 0.1) is 0 Å². The molecule has 0 unspecified atom stereocenters. The molecule has 0 radical (unpaired) electrons. The maximum atomic E-state index is 13.7. The van der Waals surface area contributed by atoms with Crippen LogP contribution in [0.2, 0.25) is 0 Å². The summed E-state index contributed by atoms with van der Waals surface area (Å²) in [5.74, 6) is 0.757. The van der Waals surface area contributed by atoms with Gasteiger partial charge >= 0.3 is 0 Å². The van der Waals surface area contributed by atoms with Crippen LogP contribution >= 0.6 is 0 Å². The third-order valence-electron chi connectivity index (χ3n) is 6.54. The first-order valence-electron chi connectivity index (χ1n) is 11.0. The number of phenolic OH excluding ortho intramolecular Hbond substituents is 2. The van der Waals surface area contributed by atoms with Crippen LogP contribution in [-0.4, -0.2) is 32.6 Å². The zero-order chi connectivity index (χ0) is 23.7. The van der Waals surface area contributed by atoms with Crippen molar-refractivity contribution in [3.8, 4) is 34.3 Å². The molecule has 2 aromatic carbocycles. The van der Waals surface area contributed by atoms with Crippen LogP contribution in [-0.2, 0) is 6.42 Å². The summed E-state index contributed by atoms with van der Waals surface area (Å²) in [6.45, 7) is 7.13. The van der Waals surface area contributed by atoms with Crippen LogP contribution in [0.4, 0.5) is 0 Å². The van der Waals surface area contributed by atoms with Gasteiger partial charge in [0.25, 0.3) is 0 Å². The minimum Gasteiger partial charge on any atom is -0.508 e. The van der Waals surface area contributed by atoms with Gasteiger partial charge in [-0.3, -0.25) is 4.79 Å². The summed E-state index contributed by atoms with van der Waals surface area (Å²) in [6.07, 6.45) is 3.76. The summed E-state index contributed by atoms with van der Waals surface area (Å²) < 4.78 is 18.5. The normalized spacial score (nSPS) is 21.4. The third kappa shape index (κ3) is 3.35. The Morgan fingerprint density at radius 3 is 2.64 bits per heavy atom. The highest BCUT2D eigenvalue weighted by molar-refractivity contribution is 5.95. The molecule has 0 saturated carbocycles. The van der Waals surface area contributed by atoms with E-state index < -0.39 is 22.7 Å². The molecule has 3 N–H and O–H groups in total. The van der Waals surface area contributed by atoms with Crippen molar-refractivity contribution in [3.63, 3.8) is 0 Å². The molecule has 0 saturated heterocycles. The number of rotatable bonds is 2. The molecule has 0 bridgehead atoms. The van der Waals surface area contributed by atoms with E-state index in [-0.39, 0.29) is 40.2 Å². The van der Waals surface area contributed by atoms with Crippen LogP contribution in [0.3, 0.4) is 0 Å². The molecular weight excluding hydrogens is 424 g/mol. The molecule has 0 amide bonds. The molecule has 5 rings (SSSR count). The van der Waals surface area contributed by atoms with E-state index in [4.69, 9.17) is 13.9 Å². The molecule has 3 aromatic rings. The number of fused-ring (bicyclic) bond motifs is 6. The smallest absolute Gasteiger partial charge is 0.200 e.